The van der Waals surface area contributed by atoms with Gasteiger partial charge in [-0.3, -0.25) is 5.41 Å². The summed E-state index contributed by atoms with van der Waals surface area (Å²) in [5.41, 5.74) is 1.66. The van der Waals surface area contributed by atoms with E-state index in [-0.39, 0.29) is 12.4 Å². The van der Waals surface area contributed by atoms with Crippen LogP contribution >= 0.6 is 12.4 Å². The van der Waals surface area contributed by atoms with Crippen molar-refractivity contribution in [3.63, 3.8) is 0 Å². The molecule has 1 saturated heterocycles. The molecule has 1 N–H and O–H groups in total. The maximum absolute atomic E-state index is 8.23. The van der Waals surface area contributed by atoms with Crippen molar-refractivity contribution in [3.8, 4) is 0 Å². The highest BCUT2D eigenvalue weighted by Crippen LogP contribution is 2.18. The van der Waals surface area contributed by atoms with Gasteiger partial charge < -0.3 is 14.3 Å². The largest absolute Gasteiger partial charge is 0.358 e. The maximum Gasteiger partial charge on any atom is 0.167 e. The highest BCUT2D eigenvalue weighted by Gasteiger charge is 2.18. The molecule has 6 heteroatoms. The number of benzene rings is 1. The van der Waals surface area contributed by atoms with Crippen molar-refractivity contribution in [2.24, 2.45) is 0 Å². The molecule has 0 atom stereocenters. The molecule has 0 amide bonds. The molecule has 2 heterocycles. The molecule has 0 saturated carbocycles. The lowest BCUT2D eigenvalue weighted by molar-refractivity contribution is 0.213. The smallest absolute Gasteiger partial charge is 0.167 e. The van der Waals surface area contributed by atoms with E-state index in [1.807, 2.05) is 24.3 Å². The third kappa shape index (κ3) is 2.94. The van der Waals surface area contributed by atoms with Crippen molar-refractivity contribution in [1.29, 1.82) is 5.41 Å². The van der Waals surface area contributed by atoms with E-state index < -0.39 is 0 Å². The summed E-state index contributed by atoms with van der Waals surface area (Å²) in [5, 5.41) is 13.3. The summed E-state index contributed by atoms with van der Waals surface area (Å²) in [6.07, 6.45) is 0.542. The molecule has 1 aromatic heterocycles. The van der Waals surface area contributed by atoms with Gasteiger partial charge in [0.1, 0.15) is 5.84 Å². The molecule has 1 aromatic carbocycles. The van der Waals surface area contributed by atoms with Crippen LogP contribution < -0.4 is 0 Å². The minimum atomic E-state index is 0. The van der Waals surface area contributed by atoms with Crippen molar-refractivity contribution in [3.05, 3.63) is 30.0 Å². The summed E-state index contributed by atoms with van der Waals surface area (Å²) in [7, 11) is 2.12. The SMILES string of the molecule is CN1CCN(C(=N)Cc2noc3ccccc23)CC1.Cl. The summed E-state index contributed by atoms with van der Waals surface area (Å²) in [4.78, 5) is 4.42. The molecule has 1 fully saturated rings. The number of rotatable bonds is 2. The molecule has 20 heavy (non-hydrogen) atoms. The van der Waals surface area contributed by atoms with Gasteiger partial charge in [0.2, 0.25) is 0 Å². The monoisotopic (exact) mass is 294 g/mol. The van der Waals surface area contributed by atoms with Crippen LogP contribution in [0, 0.1) is 5.41 Å². The quantitative estimate of drug-likeness (QED) is 0.680. The highest BCUT2D eigenvalue weighted by molar-refractivity contribution is 5.87. The third-order valence-electron chi connectivity index (χ3n) is 3.67. The molecule has 108 valence electrons. The third-order valence-corrected chi connectivity index (χ3v) is 3.67. The Balaban J connectivity index is 0.00000147. The van der Waals surface area contributed by atoms with Crippen LogP contribution in [0.1, 0.15) is 5.69 Å². The van der Waals surface area contributed by atoms with E-state index in [1.54, 1.807) is 0 Å². The zero-order chi connectivity index (χ0) is 13.2. The molecular formula is C14H19ClN4O. The second kappa shape index (κ2) is 6.24. The van der Waals surface area contributed by atoms with Crippen LogP contribution in [0.4, 0.5) is 0 Å². The summed E-state index contributed by atoms with van der Waals surface area (Å²) in [5.74, 6) is 0.632. The van der Waals surface area contributed by atoms with Gasteiger partial charge in [-0.15, -0.1) is 12.4 Å². The fourth-order valence-electron chi connectivity index (χ4n) is 2.41. The van der Waals surface area contributed by atoms with Gasteiger partial charge in [0.25, 0.3) is 0 Å². The summed E-state index contributed by atoms with van der Waals surface area (Å²) in [6, 6.07) is 7.81. The molecule has 0 bridgehead atoms. The number of halogens is 1. The molecule has 3 rings (SSSR count). The Morgan fingerprint density at radius 2 is 1.95 bits per heavy atom. The van der Waals surface area contributed by atoms with Crippen molar-refractivity contribution in [1.82, 2.24) is 15.0 Å². The number of fused-ring (bicyclic) bond motifs is 1. The van der Waals surface area contributed by atoms with Crippen LogP contribution in [-0.4, -0.2) is 54.0 Å². The van der Waals surface area contributed by atoms with Crippen molar-refractivity contribution in [2.75, 3.05) is 33.2 Å². The molecule has 0 spiro atoms. The lowest BCUT2D eigenvalue weighted by Crippen LogP contribution is -2.47. The molecule has 5 nitrogen and oxygen atoms in total. The number of aromatic nitrogens is 1. The average molecular weight is 295 g/mol. The molecule has 2 aromatic rings. The van der Waals surface area contributed by atoms with Crippen LogP contribution in [0.3, 0.4) is 0 Å². The lowest BCUT2D eigenvalue weighted by Gasteiger charge is -2.33. The van der Waals surface area contributed by atoms with Crippen LogP contribution in [0.5, 0.6) is 0 Å². The van der Waals surface area contributed by atoms with E-state index in [1.165, 1.54) is 0 Å². The van der Waals surface area contributed by atoms with Gasteiger partial charge in [-0.05, 0) is 19.2 Å². The van der Waals surface area contributed by atoms with E-state index in [0.29, 0.717) is 12.3 Å². The van der Waals surface area contributed by atoms with Crippen molar-refractivity contribution in [2.45, 2.75) is 6.42 Å². The van der Waals surface area contributed by atoms with Gasteiger partial charge in [-0.2, -0.15) is 0 Å². The fraction of sp³-hybridized carbons (Fsp3) is 0.429. The van der Waals surface area contributed by atoms with E-state index in [0.717, 1.165) is 42.8 Å². The number of piperazine rings is 1. The predicted octanol–water partition coefficient (Wildman–Crippen LogP) is 2.02. The van der Waals surface area contributed by atoms with Crippen LogP contribution in [0.15, 0.2) is 28.8 Å². The van der Waals surface area contributed by atoms with Gasteiger partial charge in [-0.25, -0.2) is 0 Å². The van der Waals surface area contributed by atoms with E-state index in [4.69, 9.17) is 9.93 Å². The van der Waals surface area contributed by atoms with Crippen LogP contribution in [-0.2, 0) is 6.42 Å². The number of hydrogen-bond acceptors (Lipinski definition) is 4. The van der Waals surface area contributed by atoms with E-state index in [2.05, 4.69) is 22.0 Å². The minimum absolute atomic E-state index is 0. The molecular weight excluding hydrogens is 276 g/mol. The lowest BCUT2D eigenvalue weighted by atomic mass is 10.1. The second-order valence-corrected chi connectivity index (χ2v) is 5.04. The van der Waals surface area contributed by atoms with Crippen LogP contribution in [0.25, 0.3) is 11.0 Å². The molecule has 0 aliphatic carbocycles. The highest BCUT2D eigenvalue weighted by atomic mass is 35.5. The summed E-state index contributed by atoms with van der Waals surface area (Å²) < 4.78 is 5.28. The van der Waals surface area contributed by atoms with Gasteiger partial charge in [0, 0.05) is 31.6 Å². The van der Waals surface area contributed by atoms with Gasteiger partial charge >= 0.3 is 0 Å². The fourth-order valence-corrected chi connectivity index (χ4v) is 2.41. The molecule has 0 radical (unpaired) electrons. The first kappa shape index (κ1) is 14.8. The Bertz CT molecular complexity index is 590. The van der Waals surface area contributed by atoms with Gasteiger partial charge in [-0.1, -0.05) is 17.3 Å². The number of para-hydroxylation sites is 1. The zero-order valence-corrected chi connectivity index (χ0v) is 12.3. The average Bonchev–Trinajstić information content (AvgIpc) is 2.83. The number of amidine groups is 1. The summed E-state index contributed by atoms with van der Waals surface area (Å²) in [6.45, 7) is 3.88. The first-order chi connectivity index (χ1) is 9.24. The van der Waals surface area contributed by atoms with Crippen molar-refractivity contribution < 1.29 is 4.52 Å². The Hall–Kier alpha value is -1.59. The first-order valence-electron chi connectivity index (χ1n) is 6.58. The molecule has 1 aliphatic heterocycles. The van der Waals surface area contributed by atoms with Gasteiger partial charge in [0.15, 0.2) is 5.58 Å². The number of hydrogen-bond donors (Lipinski definition) is 1. The van der Waals surface area contributed by atoms with Crippen LogP contribution in [0.2, 0.25) is 0 Å². The maximum atomic E-state index is 8.23. The van der Waals surface area contributed by atoms with Crippen molar-refractivity contribution >= 4 is 29.2 Å². The Kier molecular flexibility index (Phi) is 4.62. The minimum Gasteiger partial charge on any atom is -0.358 e. The second-order valence-electron chi connectivity index (χ2n) is 5.04. The number of nitrogens with zero attached hydrogens (tertiary/aromatic N) is 3. The zero-order valence-electron chi connectivity index (χ0n) is 11.5. The Labute approximate surface area is 124 Å². The standard InChI is InChI=1S/C14H18N4O.ClH/c1-17-6-8-18(9-7-17)14(15)10-12-11-4-2-3-5-13(11)19-16-12;/h2-5,15H,6-10H2,1H3;1H. The first-order valence-corrected chi connectivity index (χ1v) is 6.58. The van der Waals surface area contributed by atoms with E-state index in [9.17, 15) is 0 Å². The normalized spacial score (nSPS) is 16.1. The number of likely N-dealkylation sites (N-methyl/N-ethyl adjacent to an activating group) is 1. The molecule has 1 aliphatic rings. The van der Waals surface area contributed by atoms with E-state index >= 15 is 0 Å². The predicted molar refractivity (Wildman–Crippen MR) is 81.8 cm³/mol. The van der Waals surface area contributed by atoms with Gasteiger partial charge in [0.05, 0.1) is 12.1 Å². The molecule has 0 unspecified atom stereocenters. The topological polar surface area (TPSA) is 56.4 Å². The number of nitrogens with one attached hydrogen (secondary N) is 1. The Morgan fingerprint density at radius 1 is 1.25 bits per heavy atom. The summed E-state index contributed by atoms with van der Waals surface area (Å²) >= 11 is 0. The Morgan fingerprint density at radius 3 is 2.70 bits per heavy atom.